The molecule has 0 aromatic heterocycles. The predicted octanol–water partition coefficient (Wildman–Crippen LogP) is 0.941. The fourth-order valence-electron chi connectivity index (χ4n) is 2.17. The highest BCUT2D eigenvalue weighted by Gasteiger charge is 2.22. The third-order valence-electron chi connectivity index (χ3n) is 3.12. The molecule has 17 heavy (non-hydrogen) atoms. The maximum absolute atomic E-state index is 11.2. The van der Waals surface area contributed by atoms with Gasteiger partial charge in [-0.1, -0.05) is 18.2 Å². The normalized spacial score (nSPS) is 20.1. The fraction of sp³-hybridized carbons (Fsp3) is 0.500. The van der Waals surface area contributed by atoms with Crippen LogP contribution in [0.25, 0.3) is 0 Å². The number of nitrogens with two attached hydrogens (primary N) is 1. The number of sulfone groups is 1. The summed E-state index contributed by atoms with van der Waals surface area (Å²) in [4.78, 5) is 2.11. The molecule has 0 spiro atoms. The highest BCUT2D eigenvalue weighted by Crippen LogP contribution is 2.31. The highest BCUT2D eigenvalue weighted by atomic mass is 32.2. The molecule has 1 aromatic carbocycles. The molecular weight excluding hydrogens is 236 g/mol. The van der Waals surface area contributed by atoms with E-state index in [9.17, 15) is 8.42 Å². The van der Waals surface area contributed by atoms with Crippen molar-refractivity contribution < 1.29 is 8.42 Å². The minimum atomic E-state index is -2.91. The molecule has 94 valence electrons. The maximum Gasteiger partial charge on any atom is 0.149 e. The van der Waals surface area contributed by atoms with Crippen LogP contribution in [-0.4, -0.2) is 33.5 Å². The first-order valence-electron chi connectivity index (χ1n) is 5.74. The lowest BCUT2D eigenvalue weighted by Crippen LogP contribution is -2.36. The summed E-state index contributed by atoms with van der Waals surface area (Å²) in [5, 5.41) is 0. The number of rotatable bonds is 3. The van der Waals surface area contributed by atoms with Crippen LogP contribution in [0.15, 0.2) is 24.3 Å². The van der Waals surface area contributed by atoms with Crippen LogP contribution in [0.5, 0.6) is 0 Å². The van der Waals surface area contributed by atoms with Crippen LogP contribution in [0.4, 0.5) is 5.69 Å². The number of benzene rings is 1. The van der Waals surface area contributed by atoms with Gasteiger partial charge < -0.3 is 10.6 Å². The van der Waals surface area contributed by atoms with E-state index in [1.807, 2.05) is 24.3 Å². The van der Waals surface area contributed by atoms with Gasteiger partial charge in [0.25, 0.3) is 0 Å². The van der Waals surface area contributed by atoms with Gasteiger partial charge >= 0.3 is 0 Å². The van der Waals surface area contributed by atoms with E-state index in [4.69, 9.17) is 5.73 Å². The maximum atomic E-state index is 11.2. The molecule has 1 aliphatic rings. The first-order chi connectivity index (χ1) is 7.97. The standard InChI is InChI=1S/C12H18N2O2S/c1-17(15,16)9-8-14-7-6-11(13)10-4-2-3-5-12(10)14/h2-5,11H,6-9,13H2,1H3. The third kappa shape index (κ3) is 2.98. The van der Waals surface area contributed by atoms with Crippen molar-refractivity contribution in [1.82, 2.24) is 0 Å². The lowest BCUT2D eigenvalue weighted by Gasteiger charge is -2.34. The Bertz CT molecular complexity index is 499. The highest BCUT2D eigenvalue weighted by molar-refractivity contribution is 7.90. The van der Waals surface area contributed by atoms with Gasteiger partial charge in [-0.05, 0) is 18.1 Å². The van der Waals surface area contributed by atoms with Crippen molar-refractivity contribution in [2.24, 2.45) is 5.73 Å². The smallest absolute Gasteiger partial charge is 0.149 e. The van der Waals surface area contributed by atoms with E-state index in [2.05, 4.69) is 4.90 Å². The molecule has 0 bridgehead atoms. The molecule has 1 aromatic rings. The van der Waals surface area contributed by atoms with Crippen LogP contribution >= 0.6 is 0 Å². The second-order valence-electron chi connectivity index (χ2n) is 4.57. The zero-order valence-electron chi connectivity index (χ0n) is 9.96. The molecule has 4 nitrogen and oxygen atoms in total. The first kappa shape index (κ1) is 12.4. The Morgan fingerprint density at radius 2 is 2.12 bits per heavy atom. The number of hydrogen-bond acceptors (Lipinski definition) is 4. The molecule has 0 saturated carbocycles. The number of anilines is 1. The Morgan fingerprint density at radius 3 is 2.82 bits per heavy atom. The molecule has 2 N–H and O–H groups in total. The molecule has 0 saturated heterocycles. The predicted molar refractivity (Wildman–Crippen MR) is 69.9 cm³/mol. The fourth-order valence-corrected chi connectivity index (χ4v) is 2.72. The van der Waals surface area contributed by atoms with E-state index in [0.717, 1.165) is 24.2 Å². The summed E-state index contributed by atoms with van der Waals surface area (Å²) in [5.41, 5.74) is 8.24. The monoisotopic (exact) mass is 254 g/mol. The number of nitrogens with zero attached hydrogens (tertiary/aromatic N) is 1. The van der Waals surface area contributed by atoms with E-state index >= 15 is 0 Å². The van der Waals surface area contributed by atoms with Gasteiger partial charge in [0, 0.05) is 31.1 Å². The van der Waals surface area contributed by atoms with Crippen molar-refractivity contribution in [2.45, 2.75) is 12.5 Å². The van der Waals surface area contributed by atoms with Crippen molar-refractivity contribution in [1.29, 1.82) is 0 Å². The molecule has 0 aliphatic carbocycles. The van der Waals surface area contributed by atoms with E-state index in [1.165, 1.54) is 6.26 Å². The molecule has 1 aliphatic heterocycles. The lowest BCUT2D eigenvalue weighted by atomic mass is 9.97. The molecule has 5 heteroatoms. The Labute approximate surface area is 102 Å². The van der Waals surface area contributed by atoms with Gasteiger partial charge in [-0.3, -0.25) is 0 Å². The summed E-state index contributed by atoms with van der Waals surface area (Å²) < 4.78 is 22.4. The number of fused-ring (bicyclic) bond motifs is 1. The van der Waals surface area contributed by atoms with Gasteiger partial charge in [-0.25, -0.2) is 8.42 Å². The van der Waals surface area contributed by atoms with Gasteiger partial charge in [0.2, 0.25) is 0 Å². The molecule has 2 rings (SSSR count). The van der Waals surface area contributed by atoms with Crippen LogP contribution < -0.4 is 10.6 Å². The minimum Gasteiger partial charge on any atom is -0.370 e. The number of para-hydroxylation sites is 1. The van der Waals surface area contributed by atoms with Crippen LogP contribution in [0.2, 0.25) is 0 Å². The molecule has 1 unspecified atom stereocenters. The Balaban J connectivity index is 2.19. The second-order valence-corrected chi connectivity index (χ2v) is 6.83. The summed E-state index contributed by atoms with van der Waals surface area (Å²) in [6.07, 6.45) is 2.15. The summed E-state index contributed by atoms with van der Waals surface area (Å²) in [7, 11) is -2.91. The molecule has 1 atom stereocenters. The van der Waals surface area contributed by atoms with Crippen LogP contribution in [0.3, 0.4) is 0 Å². The lowest BCUT2D eigenvalue weighted by molar-refractivity contribution is 0.585. The van der Waals surface area contributed by atoms with Crippen LogP contribution in [0, 0.1) is 0 Å². The van der Waals surface area contributed by atoms with Gasteiger partial charge in [0.05, 0.1) is 5.75 Å². The molecule has 0 amide bonds. The molecule has 0 fully saturated rings. The van der Waals surface area contributed by atoms with Crippen molar-refractivity contribution in [2.75, 3.05) is 30.0 Å². The largest absolute Gasteiger partial charge is 0.370 e. The summed E-state index contributed by atoms with van der Waals surface area (Å²) in [6.45, 7) is 1.37. The average molecular weight is 254 g/mol. The van der Waals surface area contributed by atoms with E-state index in [0.29, 0.717) is 6.54 Å². The third-order valence-corrected chi connectivity index (χ3v) is 4.04. The van der Waals surface area contributed by atoms with Crippen molar-refractivity contribution in [3.63, 3.8) is 0 Å². The van der Waals surface area contributed by atoms with Crippen LogP contribution in [0.1, 0.15) is 18.0 Å². The first-order valence-corrected chi connectivity index (χ1v) is 7.80. The Morgan fingerprint density at radius 1 is 1.41 bits per heavy atom. The van der Waals surface area contributed by atoms with Gasteiger partial charge in [0.15, 0.2) is 0 Å². The van der Waals surface area contributed by atoms with Crippen LogP contribution in [-0.2, 0) is 9.84 Å². The van der Waals surface area contributed by atoms with Crippen molar-refractivity contribution in [3.8, 4) is 0 Å². The Kier molecular flexibility index (Phi) is 3.40. The summed E-state index contributed by atoms with van der Waals surface area (Å²) in [5.74, 6) is 0.191. The Hall–Kier alpha value is -1.07. The van der Waals surface area contributed by atoms with E-state index < -0.39 is 9.84 Å². The summed E-state index contributed by atoms with van der Waals surface area (Å²) >= 11 is 0. The van der Waals surface area contributed by atoms with Gasteiger partial charge in [-0.15, -0.1) is 0 Å². The quantitative estimate of drug-likeness (QED) is 0.872. The number of hydrogen-bond donors (Lipinski definition) is 1. The summed E-state index contributed by atoms with van der Waals surface area (Å²) in [6, 6.07) is 8.03. The molecule has 1 heterocycles. The molecule has 0 radical (unpaired) electrons. The topological polar surface area (TPSA) is 63.4 Å². The van der Waals surface area contributed by atoms with Crippen molar-refractivity contribution in [3.05, 3.63) is 29.8 Å². The van der Waals surface area contributed by atoms with Crippen molar-refractivity contribution >= 4 is 15.5 Å². The second kappa shape index (κ2) is 4.66. The zero-order chi connectivity index (χ0) is 12.5. The van der Waals surface area contributed by atoms with Gasteiger partial charge in [-0.2, -0.15) is 0 Å². The van der Waals surface area contributed by atoms with E-state index in [1.54, 1.807) is 0 Å². The SMILES string of the molecule is CS(=O)(=O)CCN1CCC(N)c2ccccc21. The zero-order valence-corrected chi connectivity index (χ0v) is 10.8. The molecular formula is C12H18N2O2S. The minimum absolute atomic E-state index is 0.0701. The average Bonchev–Trinajstić information content (AvgIpc) is 2.27. The van der Waals surface area contributed by atoms with E-state index in [-0.39, 0.29) is 11.8 Å². The van der Waals surface area contributed by atoms with Gasteiger partial charge in [0.1, 0.15) is 9.84 Å².